The van der Waals surface area contributed by atoms with Gasteiger partial charge in [0, 0.05) is 17.8 Å². The molecule has 0 unspecified atom stereocenters. The fraction of sp³-hybridized carbons (Fsp3) is 0.211. The van der Waals surface area contributed by atoms with Gasteiger partial charge in [-0.15, -0.1) is 0 Å². The molecule has 0 aliphatic rings. The van der Waals surface area contributed by atoms with E-state index in [1.54, 1.807) is 53.9 Å². The Kier molecular flexibility index (Phi) is 5.25. The highest BCUT2D eigenvalue weighted by molar-refractivity contribution is 6.07. The number of aromatic nitrogens is 2. The van der Waals surface area contributed by atoms with Crippen LogP contribution in [0.15, 0.2) is 42.6 Å². The number of nitrogens with zero attached hydrogens (tertiary/aromatic N) is 2. The predicted octanol–water partition coefficient (Wildman–Crippen LogP) is 2.78. The number of anilines is 1. The quantitative estimate of drug-likeness (QED) is 0.672. The third kappa shape index (κ3) is 3.69. The van der Waals surface area contributed by atoms with Crippen LogP contribution in [0.1, 0.15) is 27.8 Å². The van der Waals surface area contributed by atoms with E-state index in [0.717, 1.165) is 0 Å². The zero-order valence-corrected chi connectivity index (χ0v) is 15.2. The van der Waals surface area contributed by atoms with Crippen molar-refractivity contribution < 1.29 is 23.8 Å². The lowest BCUT2D eigenvalue weighted by molar-refractivity contribution is 0.0521. The average molecular weight is 369 g/mol. The number of pyridine rings is 1. The van der Waals surface area contributed by atoms with Crippen molar-refractivity contribution >= 4 is 23.3 Å². The third-order valence-corrected chi connectivity index (χ3v) is 3.84. The summed E-state index contributed by atoms with van der Waals surface area (Å²) in [6.07, 6.45) is 1.70. The molecule has 140 valence electrons. The molecule has 0 aliphatic heterocycles. The van der Waals surface area contributed by atoms with Gasteiger partial charge in [0.05, 0.1) is 20.8 Å². The van der Waals surface area contributed by atoms with Crippen molar-refractivity contribution in [1.82, 2.24) is 9.38 Å². The van der Waals surface area contributed by atoms with Crippen molar-refractivity contribution in [2.24, 2.45) is 0 Å². The fourth-order valence-corrected chi connectivity index (χ4v) is 2.58. The fourth-order valence-electron chi connectivity index (χ4n) is 2.58. The second kappa shape index (κ2) is 7.77. The highest BCUT2D eigenvalue weighted by Crippen LogP contribution is 2.25. The highest BCUT2D eigenvalue weighted by Gasteiger charge is 2.22. The Morgan fingerprint density at radius 1 is 1.11 bits per heavy atom. The lowest BCUT2D eigenvalue weighted by atomic mass is 10.2. The lowest BCUT2D eigenvalue weighted by Gasteiger charge is -2.10. The molecule has 0 saturated heterocycles. The Balaban J connectivity index is 2.02. The van der Waals surface area contributed by atoms with Gasteiger partial charge in [0.15, 0.2) is 11.5 Å². The molecule has 0 aliphatic carbocycles. The molecule has 27 heavy (non-hydrogen) atoms. The molecule has 3 rings (SSSR count). The molecule has 0 radical (unpaired) electrons. The van der Waals surface area contributed by atoms with E-state index in [-0.39, 0.29) is 18.1 Å². The summed E-state index contributed by atoms with van der Waals surface area (Å²) >= 11 is 0. The van der Waals surface area contributed by atoms with Gasteiger partial charge in [0.25, 0.3) is 5.91 Å². The van der Waals surface area contributed by atoms with Crippen molar-refractivity contribution in [1.29, 1.82) is 0 Å². The Morgan fingerprint density at radius 2 is 1.81 bits per heavy atom. The number of hydrogen-bond acceptors (Lipinski definition) is 6. The van der Waals surface area contributed by atoms with E-state index < -0.39 is 11.9 Å². The molecule has 8 nitrogen and oxygen atoms in total. The number of methoxy groups -OCH3 is 2. The molecule has 0 spiro atoms. The number of nitrogens with one attached hydrogen (secondary N) is 1. The first-order valence-corrected chi connectivity index (χ1v) is 8.26. The maximum Gasteiger partial charge on any atom is 0.360 e. The van der Waals surface area contributed by atoms with Crippen LogP contribution in [0.25, 0.3) is 5.65 Å². The molecule has 0 atom stereocenters. The van der Waals surface area contributed by atoms with Gasteiger partial charge >= 0.3 is 5.97 Å². The number of benzene rings is 1. The standard InChI is InChI=1S/C19H19N3O5/c1-4-27-19(24)16-17(22-8-6-5-7-15(22)20-16)21-18(23)12-9-13(25-2)11-14(10-12)26-3/h5-11H,4H2,1-3H3,(H,21,23). The van der Waals surface area contributed by atoms with Crippen LogP contribution in [0, 0.1) is 0 Å². The SMILES string of the molecule is CCOC(=O)c1nc2ccccn2c1NC(=O)c1cc(OC)cc(OC)c1. The number of ether oxygens (including phenoxy) is 3. The zero-order chi connectivity index (χ0) is 19.4. The van der Waals surface area contributed by atoms with Crippen molar-refractivity contribution in [3.8, 4) is 11.5 Å². The summed E-state index contributed by atoms with van der Waals surface area (Å²) in [5, 5.41) is 2.74. The summed E-state index contributed by atoms with van der Waals surface area (Å²) < 4.78 is 17.1. The zero-order valence-electron chi connectivity index (χ0n) is 15.2. The van der Waals surface area contributed by atoms with Crippen LogP contribution in [-0.2, 0) is 4.74 Å². The summed E-state index contributed by atoms with van der Waals surface area (Å²) in [7, 11) is 3.00. The average Bonchev–Trinajstić information content (AvgIpc) is 3.06. The molecular formula is C19H19N3O5. The van der Waals surface area contributed by atoms with E-state index in [1.807, 2.05) is 0 Å². The summed E-state index contributed by atoms with van der Waals surface area (Å²) in [5.41, 5.74) is 0.859. The Hall–Kier alpha value is -3.55. The minimum Gasteiger partial charge on any atom is -0.497 e. The van der Waals surface area contributed by atoms with Crippen molar-refractivity contribution in [2.75, 3.05) is 26.1 Å². The second-order valence-electron chi connectivity index (χ2n) is 5.51. The number of hydrogen-bond donors (Lipinski definition) is 1. The van der Waals surface area contributed by atoms with Crippen molar-refractivity contribution in [2.45, 2.75) is 6.92 Å². The number of rotatable bonds is 6. The Labute approximate surface area is 155 Å². The number of amides is 1. The summed E-state index contributed by atoms with van der Waals surface area (Å²) in [6.45, 7) is 1.90. The van der Waals surface area contributed by atoms with Crippen molar-refractivity contribution in [3.63, 3.8) is 0 Å². The predicted molar refractivity (Wildman–Crippen MR) is 98.6 cm³/mol. The largest absolute Gasteiger partial charge is 0.497 e. The summed E-state index contributed by atoms with van der Waals surface area (Å²) in [5.74, 6) is 0.130. The van der Waals surface area contributed by atoms with E-state index in [1.165, 1.54) is 14.2 Å². The molecule has 1 amide bonds. The van der Waals surface area contributed by atoms with E-state index in [2.05, 4.69) is 10.3 Å². The minimum atomic E-state index is -0.611. The van der Waals surface area contributed by atoms with Crippen molar-refractivity contribution in [3.05, 3.63) is 53.9 Å². The molecule has 2 aromatic heterocycles. The van der Waals surface area contributed by atoms with E-state index in [4.69, 9.17) is 14.2 Å². The molecule has 0 saturated carbocycles. The van der Waals surface area contributed by atoms with Gasteiger partial charge in [-0.05, 0) is 31.2 Å². The van der Waals surface area contributed by atoms with E-state index in [9.17, 15) is 9.59 Å². The van der Waals surface area contributed by atoms with Gasteiger partial charge in [-0.2, -0.15) is 0 Å². The first kappa shape index (κ1) is 18.2. The highest BCUT2D eigenvalue weighted by atomic mass is 16.5. The smallest absolute Gasteiger partial charge is 0.360 e. The molecule has 1 N–H and O–H groups in total. The van der Waals surface area contributed by atoms with E-state index >= 15 is 0 Å². The summed E-state index contributed by atoms with van der Waals surface area (Å²) in [6, 6.07) is 10.1. The van der Waals surface area contributed by atoms with Crippen LogP contribution in [0.5, 0.6) is 11.5 Å². The van der Waals surface area contributed by atoms with Gasteiger partial charge in [-0.3, -0.25) is 9.20 Å². The van der Waals surface area contributed by atoms with Gasteiger partial charge in [-0.1, -0.05) is 6.07 Å². The van der Waals surface area contributed by atoms with Gasteiger partial charge in [-0.25, -0.2) is 9.78 Å². The molecule has 0 bridgehead atoms. The van der Waals surface area contributed by atoms with Crippen LogP contribution in [0.2, 0.25) is 0 Å². The second-order valence-corrected chi connectivity index (χ2v) is 5.51. The Bertz CT molecular complexity index is 974. The van der Waals surface area contributed by atoms with Crippen LogP contribution in [-0.4, -0.2) is 42.1 Å². The number of carbonyl (C=O) groups is 2. The molecule has 3 aromatic rings. The first-order chi connectivity index (χ1) is 13.1. The van der Waals surface area contributed by atoms with Gasteiger partial charge in [0.2, 0.25) is 0 Å². The topological polar surface area (TPSA) is 91.2 Å². The van der Waals surface area contributed by atoms with Crippen LogP contribution < -0.4 is 14.8 Å². The molecule has 2 heterocycles. The molecular weight excluding hydrogens is 350 g/mol. The van der Waals surface area contributed by atoms with Crippen LogP contribution in [0.3, 0.4) is 0 Å². The number of carbonyl (C=O) groups excluding carboxylic acids is 2. The van der Waals surface area contributed by atoms with Crippen LogP contribution >= 0.6 is 0 Å². The normalized spacial score (nSPS) is 10.5. The maximum atomic E-state index is 12.8. The number of esters is 1. The third-order valence-electron chi connectivity index (χ3n) is 3.84. The summed E-state index contributed by atoms with van der Waals surface area (Å²) in [4.78, 5) is 29.3. The lowest BCUT2D eigenvalue weighted by Crippen LogP contribution is -2.17. The van der Waals surface area contributed by atoms with Gasteiger partial charge in [0.1, 0.15) is 17.1 Å². The van der Waals surface area contributed by atoms with E-state index in [0.29, 0.717) is 22.7 Å². The number of imidazole rings is 1. The Morgan fingerprint density at radius 3 is 2.44 bits per heavy atom. The number of fused-ring (bicyclic) bond motifs is 1. The molecule has 1 aromatic carbocycles. The molecule has 8 heteroatoms. The minimum absolute atomic E-state index is 0.0336. The maximum absolute atomic E-state index is 12.8. The van der Waals surface area contributed by atoms with Gasteiger partial charge < -0.3 is 19.5 Å². The van der Waals surface area contributed by atoms with Crippen LogP contribution in [0.4, 0.5) is 5.82 Å². The first-order valence-electron chi connectivity index (χ1n) is 8.26. The molecule has 0 fully saturated rings. The monoisotopic (exact) mass is 369 g/mol.